The van der Waals surface area contributed by atoms with E-state index in [1.807, 2.05) is 13.8 Å². The zero-order chi connectivity index (χ0) is 14.9. The lowest BCUT2D eigenvalue weighted by Crippen LogP contribution is -2.43. The second-order valence-corrected chi connectivity index (χ2v) is 6.70. The van der Waals surface area contributed by atoms with Crippen LogP contribution in [0.3, 0.4) is 0 Å². The van der Waals surface area contributed by atoms with Gasteiger partial charge in [-0.3, -0.25) is 4.79 Å². The number of rotatable bonds is 3. The van der Waals surface area contributed by atoms with Crippen LogP contribution < -0.4 is 10.9 Å². The SMILES string of the molecule is CC1CC(Nc2cnn(C(C)C)c(=O)c2Br)CCN1C. The summed E-state index contributed by atoms with van der Waals surface area (Å²) >= 11 is 3.41. The highest BCUT2D eigenvalue weighted by Gasteiger charge is 2.23. The van der Waals surface area contributed by atoms with E-state index in [0.717, 1.165) is 25.1 Å². The Hall–Kier alpha value is -0.880. The first-order chi connectivity index (χ1) is 9.40. The number of likely N-dealkylation sites (tertiary alicyclic amines) is 1. The van der Waals surface area contributed by atoms with E-state index >= 15 is 0 Å². The first-order valence-corrected chi connectivity index (χ1v) is 7.93. The van der Waals surface area contributed by atoms with Crippen molar-refractivity contribution < 1.29 is 0 Å². The summed E-state index contributed by atoms with van der Waals surface area (Å²) in [6, 6.07) is 1.02. The van der Waals surface area contributed by atoms with Crippen LogP contribution in [-0.2, 0) is 0 Å². The van der Waals surface area contributed by atoms with Crippen LogP contribution in [0.15, 0.2) is 15.5 Å². The van der Waals surface area contributed by atoms with Crippen molar-refractivity contribution in [1.82, 2.24) is 14.7 Å². The minimum absolute atomic E-state index is 0.0659. The summed E-state index contributed by atoms with van der Waals surface area (Å²) in [5.74, 6) is 0. The molecular weight excluding hydrogens is 320 g/mol. The maximum Gasteiger partial charge on any atom is 0.283 e. The van der Waals surface area contributed by atoms with Crippen LogP contribution in [0.2, 0.25) is 0 Å². The van der Waals surface area contributed by atoms with Gasteiger partial charge < -0.3 is 10.2 Å². The summed E-state index contributed by atoms with van der Waals surface area (Å²) < 4.78 is 2.07. The third-order valence-corrected chi connectivity index (χ3v) is 4.77. The van der Waals surface area contributed by atoms with Gasteiger partial charge in [0.05, 0.1) is 17.9 Å². The minimum atomic E-state index is -0.0778. The predicted molar refractivity (Wildman–Crippen MR) is 85.3 cm³/mol. The maximum absolute atomic E-state index is 12.2. The number of anilines is 1. The smallest absolute Gasteiger partial charge is 0.283 e. The van der Waals surface area contributed by atoms with Crippen LogP contribution in [-0.4, -0.2) is 40.4 Å². The Balaban J connectivity index is 2.15. The second kappa shape index (κ2) is 6.26. The third kappa shape index (κ3) is 3.23. The van der Waals surface area contributed by atoms with Crippen LogP contribution >= 0.6 is 15.9 Å². The number of aromatic nitrogens is 2. The molecule has 20 heavy (non-hydrogen) atoms. The molecule has 1 aliphatic heterocycles. The molecule has 2 heterocycles. The molecule has 0 bridgehead atoms. The molecule has 0 saturated carbocycles. The summed E-state index contributed by atoms with van der Waals surface area (Å²) in [6.45, 7) is 7.21. The molecular formula is C14H23BrN4O. The molecule has 5 nitrogen and oxygen atoms in total. The van der Waals surface area contributed by atoms with Gasteiger partial charge in [-0.25, -0.2) is 4.68 Å². The summed E-state index contributed by atoms with van der Waals surface area (Å²) in [7, 11) is 2.15. The van der Waals surface area contributed by atoms with Crippen molar-refractivity contribution in [1.29, 1.82) is 0 Å². The van der Waals surface area contributed by atoms with Gasteiger partial charge in [0.1, 0.15) is 4.47 Å². The third-order valence-electron chi connectivity index (χ3n) is 4.00. The normalized spacial score (nSPS) is 24.1. The molecule has 1 aliphatic rings. The monoisotopic (exact) mass is 342 g/mol. The molecule has 6 heteroatoms. The average molecular weight is 343 g/mol. The van der Waals surface area contributed by atoms with Crippen molar-refractivity contribution in [2.24, 2.45) is 0 Å². The van der Waals surface area contributed by atoms with Crippen molar-refractivity contribution in [2.45, 2.75) is 51.7 Å². The molecule has 1 aromatic rings. The highest BCUT2D eigenvalue weighted by molar-refractivity contribution is 9.10. The van der Waals surface area contributed by atoms with E-state index in [4.69, 9.17) is 0 Å². The van der Waals surface area contributed by atoms with Crippen molar-refractivity contribution in [3.63, 3.8) is 0 Å². The Labute approximate surface area is 128 Å². The number of hydrogen-bond acceptors (Lipinski definition) is 4. The fourth-order valence-electron chi connectivity index (χ4n) is 2.55. The zero-order valence-corrected chi connectivity index (χ0v) is 14.1. The summed E-state index contributed by atoms with van der Waals surface area (Å²) in [4.78, 5) is 14.6. The van der Waals surface area contributed by atoms with Crippen LogP contribution in [0, 0.1) is 0 Å². The first-order valence-electron chi connectivity index (χ1n) is 7.14. The number of hydrogen-bond donors (Lipinski definition) is 1. The van der Waals surface area contributed by atoms with E-state index in [1.165, 1.54) is 4.68 Å². The van der Waals surface area contributed by atoms with E-state index in [2.05, 4.69) is 45.2 Å². The zero-order valence-electron chi connectivity index (χ0n) is 12.6. The lowest BCUT2D eigenvalue weighted by atomic mass is 9.99. The van der Waals surface area contributed by atoms with Crippen molar-refractivity contribution in [2.75, 3.05) is 18.9 Å². The van der Waals surface area contributed by atoms with E-state index in [0.29, 0.717) is 16.6 Å². The highest BCUT2D eigenvalue weighted by atomic mass is 79.9. The Morgan fingerprint density at radius 3 is 2.80 bits per heavy atom. The number of halogens is 1. The molecule has 0 aliphatic carbocycles. The second-order valence-electron chi connectivity index (χ2n) is 5.91. The molecule has 2 atom stereocenters. The van der Waals surface area contributed by atoms with Crippen molar-refractivity contribution >= 4 is 21.6 Å². The van der Waals surface area contributed by atoms with Gasteiger partial charge in [0, 0.05) is 18.6 Å². The minimum Gasteiger partial charge on any atom is -0.380 e. The fraction of sp³-hybridized carbons (Fsp3) is 0.714. The van der Waals surface area contributed by atoms with Gasteiger partial charge in [-0.15, -0.1) is 0 Å². The van der Waals surface area contributed by atoms with Crippen LogP contribution in [0.25, 0.3) is 0 Å². The largest absolute Gasteiger partial charge is 0.380 e. The Morgan fingerprint density at radius 1 is 1.50 bits per heavy atom. The standard InChI is InChI=1S/C14H23BrN4O/c1-9(2)19-14(20)13(15)12(8-16-19)17-11-5-6-18(4)10(3)7-11/h8-11,17H,5-7H2,1-4H3. The number of nitrogens with one attached hydrogen (secondary N) is 1. The molecule has 0 radical (unpaired) electrons. The highest BCUT2D eigenvalue weighted by Crippen LogP contribution is 2.23. The summed E-state index contributed by atoms with van der Waals surface area (Å²) in [5.41, 5.74) is 0.722. The average Bonchev–Trinajstić information content (AvgIpc) is 2.39. The molecule has 0 amide bonds. The van der Waals surface area contributed by atoms with Gasteiger partial charge in [-0.1, -0.05) is 0 Å². The summed E-state index contributed by atoms with van der Waals surface area (Å²) in [6.07, 6.45) is 3.91. The first kappa shape index (κ1) is 15.5. The van der Waals surface area contributed by atoms with E-state index < -0.39 is 0 Å². The van der Waals surface area contributed by atoms with Gasteiger partial charge in [-0.05, 0) is 56.6 Å². The molecule has 0 spiro atoms. The van der Waals surface area contributed by atoms with Gasteiger partial charge in [0.2, 0.25) is 0 Å². The molecule has 2 rings (SSSR count). The van der Waals surface area contributed by atoms with Gasteiger partial charge >= 0.3 is 0 Å². The van der Waals surface area contributed by atoms with Gasteiger partial charge in [0.25, 0.3) is 5.56 Å². The van der Waals surface area contributed by atoms with Crippen LogP contribution in [0.4, 0.5) is 5.69 Å². The Kier molecular flexibility index (Phi) is 4.86. The number of nitrogens with zero attached hydrogens (tertiary/aromatic N) is 3. The van der Waals surface area contributed by atoms with E-state index in [9.17, 15) is 4.79 Å². The lowest BCUT2D eigenvalue weighted by molar-refractivity contribution is 0.190. The molecule has 2 unspecified atom stereocenters. The molecule has 0 aromatic carbocycles. The Bertz CT molecular complexity index is 528. The topological polar surface area (TPSA) is 50.2 Å². The molecule has 1 N–H and O–H groups in total. The molecule has 1 aromatic heterocycles. The molecule has 1 fully saturated rings. The molecule has 1 saturated heterocycles. The fourth-order valence-corrected chi connectivity index (χ4v) is 2.95. The van der Waals surface area contributed by atoms with E-state index in [1.54, 1.807) is 6.20 Å². The maximum atomic E-state index is 12.2. The predicted octanol–water partition coefficient (Wildman–Crippen LogP) is 2.48. The number of piperidine rings is 1. The lowest BCUT2D eigenvalue weighted by Gasteiger charge is -2.35. The van der Waals surface area contributed by atoms with Crippen molar-refractivity contribution in [3.8, 4) is 0 Å². The van der Waals surface area contributed by atoms with Crippen LogP contribution in [0.5, 0.6) is 0 Å². The van der Waals surface area contributed by atoms with Crippen LogP contribution in [0.1, 0.15) is 39.7 Å². The van der Waals surface area contributed by atoms with E-state index in [-0.39, 0.29) is 11.6 Å². The van der Waals surface area contributed by atoms with Gasteiger partial charge in [-0.2, -0.15) is 5.10 Å². The van der Waals surface area contributed by atoms with Gasteiger partial charge in [0.15, 0.2) is 0 Å². The van der Waals surface area contributed by atoms with Crippen molar-refractivity contribution in [3.05, 3.63) is 21.0 Å². The Morgan fingerprint density at radius 2 is 2.20 bits per heavy atom. The molecule has 112 valence electrons. The summed E-state index contributed by atoms with van der Waals surface area (Å²) in [5, 5.41) is 7.70. The quantitative estimate of drug-likeness (QED) is 0.916.